The number of alkyl halides is 2. The Morgan fingerprint density at radius 3 is 2.71 bits per heavy atom. The molecule has 9 heteroatoms. The maximum absolute atomic E-state index is 12.6. The van der Waals surface area contributed by atoms with Gasteiger partial charge in [0.1, 0.15) is 5.82 Å². The van der Waals surface area contributed by atoms with E-state index in [2.05, 4.69) is 14.7 Å². The predicted octanol–water partition coefficient (Wildman–Crippen LogP) is 3.60. The number of methoxy groups -OCH3 is 1. The zero-order valence-corrected chi connectivity index (χ0v) is 17.0. The van der Waals surface area contributed by atoms with E-state index in [0.717, 1.165) is 0 Å². The van der Waals surface area contributed by atoms with Crippen LogP contribution in [0.25, 0.3) is 17.0 Å². The highest BCUT2D eigenvalue weighted by Gasteiger charge is 2.13. The Bertz CT molecular complexity index is 1160. The summed E-state index contributed by atoms with van der Waals surface area (Å²) in [5.74, 6) is 0.107. The number of ether oxygens (including phenoxy) is 2. The molecule has 1 N–H and O–H groups in total. The minimum absolute atomic E-state index is 0.0949. The Morgan fingerprint density at radius 2 is 2.00 bits per heavy atom. The number of halogens is 2. The zero-order chi connectivity index (χ0) is 22.4. The molecule has 0 aliphatic rings. The van der Waals surface area contributed by atoms with Crippen molar-refractivity contribution in [1.82, 2.24) is 14.9 Å². The molecular weight excluding hydrogens is 408 g/mol. The molecule has 2 aromatic carbocycles. The van der Waals surface area contributed by atoms with Crippen molar-refractivity contribution in [2.24, 2.45) is 0 Å². The van der Waals surface area contributed by atoms with Crippen LogP contribution in [0.1, 0.15) is 18.3 Å². The number of H-pyrrole nitrogens is 1. The van der Waals surface area contributed by atoms with E-state index in [1.54, 1.807) is 24.3 Å². The molecular formula is C22H21F2N3O4. The van der Waals surface area contributed by atoms with Crippen LogP contribution < -0.4 is 15.0 Å². The van der Waals surface area contributed by atoms with Gasteiger partial charge in [0.05, 0.1) is 24.6 Å². The van der Waals surface area contributed by atoms with Gasteiger partial charge in [0.25, 0.3) is 5.56 Å². The molecule has 0 atom stereocenters. The van der Waals surface area contributed by atoms with E-state index in [0.29, 0.717) is 28.8 Å². The first-order chi connectivity index (χ1) is 14.9. The molecule has 7 nitrogen and oxygen atoms in total. The minimum Gasteiger partial charge on any atom is -0.493 e. The van der Waals surface area contributed by atoms with Crippen LogP contribution in [0.2, 0.25) is 0 Å². The Balaban J connectivity index is 1.75. The summed E-state index contributed by atoms with van der Waals surface area (Å²) in [4.78, 5) is 33.5. The SMILES string of the molecule is CCN(Cc1nc2ccccc2c(=O)[nH]1)C(=O)/C=C/c1ccc(OC(F)F)c(OC)c1. The van der Waals surface area contributed by atoms with Crippen molar-refractivity contribution in [3.05, 3.63) is 70.3 Å². The van der Waals surface area contributed by atoms with E-state index in [-0.39, 0.29) is 29.5 Å². The third kappa shape index (κ3) is 5.44. The second-order valence-corrected chi connectivity index (χ2v) is 6.50. The smallest absolute Gasteiger partial charge is 0.387 e. The number of nitrogens with zero attached hydrogens (tertiary/aromatic N) is 2. The van der Waals surface area contributed by atoms with E-state index in [1.165, 1.54) is 42.4 Å². The molecule has 0 bridgehead atoms. The Morgan fingerprint density at radius 1 is 1.23 bits per heavy atom. The van der Waals surface area contributed by atoms with Crippen LogP contribution in [-0.4, -0.2) is 41.0 Å². The number of hydrogen-bond acceptors (Lipinski definition) is 5. The van der Waals surface area contributed by atoms with E-state index in [9.17, 15) is 18.4 Å². The molecule has 3 aromatic rings. The van der Waals surface area contributed by atoms with Gasteiger partial charge in [0, 0.05) is 12.6 Å². The normalized spacial score (nSPS) is 11.3. The van der Waals surface area contributed by atoms with Crippen LogP contribution in [-0.2, 0) is 11.3 Å². The first kappa shape index (κ1) is 21.9. The third-order valence-electron chi connectivity index (χ3n) is 4.52. The quantitative estimate of drug-likeness (QED) is 0.553. The van der Waals surface area contributed by atoms with Crippen molar-refractivity contribution in [1.29, 1.82) is 0 Å². The third-order valence-corrected chi connectivity index (χ3v) is 4.52. The van der Waals surface area contributed by atoms with Crippen molar-refractivity contribution in [3.63, 3.8) is 0 Å². The summed E-state index contributed by atoms with van der Waals surface area (Å²) in [5, 5.41) is 0.480. The monoisotopic (exact) mass is 429 g/mol. The van der Waals surface area contributed by atoms with Crippen LogP contribution in [0, 0.1) is 0 Å². The number of likely N-dealkylation sites (N-methyl/N-ethyl adjacent to an activating group) is 1. The lowest BCUT2D eigenvalue weighted by atomic mass is 10.2. The highest BCUT2D eigenvalue weighted by Crippen LogP contribution is 2.29. The molecule has 0 aliphatic carbocycles. The average Bonchev–Trinajstić information content (AvgIpc) is 2.76. The summed E-state index contributed by atoms with van der Waals surface area (Å²) in [6, 6.07) is 11.3. The Labute approximate surface area is 176 Å². The number of benzene rings is 2. The maximum atomic E-state index is 12.6. The second kappa shape index (κ2) is 9.84. The Kier molecular flexibility index (Phi) is 6.96. The van der Waals surface area contributed by atoms with Crippen LogP contribution in [0.4, 0.5) is 8.78 Å². The molecule has 0 saturated heterocycles. The largest absolute Gasteiger partial charge is 0.493 e. The van der Waals surface area contributed by atoms with E-state index in [4.69, 9.17) is 4.74 Å². The fourth-order valence-corrected chi connectivity index (χ4v) is 2.99. The number of amides is 1. The van der Waals surface area contributed by atoms with Gasteiger partial charge in [0.15, 0.2) is 11.5 Å². The molecule has 1 heterocycles. The molecule has 0 saturated carbocycles. The van der Waals surface area contributed by atoms with Gasteiger partial charge in [-0.3, -0.25) is 9.59 Å². The zero-order valence-electron chi connectivity index (χ0n) is 17.0. The molecule has 0 radical (unpaired) electrons. The number of carbonyl (C=O) groups is 1. The minimum atomic E-state index is -2.97. The number of rotatable bonds is 8. The van der Waals surface area contributed by atoms with Crippen LogP contribution in [0.3, 0.4) is 0 Å². The summed E-state index contributed by atoms with van der Waals surface area (Å²) < 4.78 is 34.3. The van der Waals surface area contributed by atoms with Gasteiger partial charge >= 0.3 is 6.61 Å². The molecule has 1 amide bonds. The maximum Gasteiger partial charge on any atom is 0.387 e. The van der Waals surface area contributed by atoms with E-state index in [1.807, 2.05) is 6.92 Å². The van der Waals surface area contributed by atoms with E-state index < -0.39 is 6.61 Å². The summed E-state index contributed by atoms with van der Waals surface area (Å²) in [6.07, 6.45) is 2.89. The molecule has 0 spiro atoms. The molecule has 0 aliphatic heterocycles. The van der Waals surface area contributed by atoms with Crippen molar-refractivity contribution in [3.8, 4) is 11.5 Å². The number of carbonyl (C=O) groups excluding carboxylic acids is 1. The fourth-order valence-electron chi connectivity index (χ4n) is 2.99. The van der Waals surface area contributed by atoms with Crippen molar-refractivity contribution in [2.75, 3.05) is 13.7 Å². The lowest BCUT2D eigenvalue weighted by Gasteiger charge is -2.18. The topological polar surface area (TPSA) is 84.5 Å². The fraction of sp³-hybridized carbons (Fsp3) is 0.227. The number of para-hydroxylation sites is 1. The first-order valence-electron chi connectivity index (χ1n) is 9.49. The van der Waals surface area contributed by atoms with Gasteiger partial charge in [-0.25, -0.2) is 4.98 Å². The number of aromatic amines is 1. The molecule has 0 fully saturated rings. The number of fused-ring (bicyclic) bond motifs is 1. The van der Waals surface area contributed by atoms with Gasteiger partial charge in [-0.05, 0) is 42.8 Å². The summed E-state index contributed by atoms with van der Waals surface area (Å²) in [5.41, 5.74) is 0.858. The van der Waals surface area contributed by atoms with Crippen molar-refractivity contribution < 1.29 is 23.0 Å². The Hall–Kier alpha value is -3.75. The second-order valence-electron chi connectivity index (χ2n) is 6.50. The van der Waals surface area contributed by atoms with Gasteiger partial charge in [-0.2, -0.15) is 8.78 Å². The average molecular weight is 429 g/mol. The number of hydrogen-bond donors (Lipinski definition) is 1. The van der Waals surface area contributed by atoms with Gasteiger partial charge in [0.2, 0.25) is 5.91 Å². The summed E-state index contributed by atoms with van der Waals surface area (Å²) in [6.45, 7) is -0.635. The summed E-state index contributed by atoms with van der Waals surface area (Å²) in [7, 11) is 1.34. The van der Waals surface area contributed by atoms with Gasteiger partial charge < -0.3 is 19.4 Å². The highest BCUT2D eigenvalue weighted by atomic mass is 19.3. The molecule has 162 valence electrons. The van der Waals surface area contributed by atoms with Crippen LogP contribution in [0.15, 0.2) is 53.3 Å². The molecule has 0 unspecified atom stereocenters. The molecule has 3 rings (SSSR count). The van der Waals surface area contributed by atoms with Crippen molar-refractivity contribution >= 4 is 22.9 Å². The standard InChI is InChI=1S/C22H21F2N3O4/c1-3-27(13-19-25-16-7-5-4-6-15(16)21(29)26-19)20(28)11-9-14-8-10-17(31-22(23)24)18(12-14)30-2/h4-12,22H,3,13H2,1-2H3,(H,25,26,29)/b11-9+. The van der Waals surface area contributed by atoms with E-state index >= 15 is 0 Å². The van der Waals surface area contributed by atoms with Crippen LogP contribution >= 0.6 is 0 Å². The predicted molar refractivity (Wildman–Crippen MR) is 112 cm³/mol. The number of aromatic nitrogens is 2. The van der Waals surface area contributed by atoms with Crippen molar-refractivity contribution in [2.45, 2.75) is 20.1 Å². The lowest BCUT2D eigenvalue weighted by Crippen LogP contribution is -2.30. The number of nitrogens with one attached hydrogen (secondary N) is 1. The van der Waals surface area contributed by atoms with Gasteiger partial charge in [-0.1, -0.05) is 18.2 Å². The summed E-state index contributed by atoms with van der Waals surface area (Å²) >= 11 is 0. The molecule has 31 heavy (non-hydrogen) atoms. The lowest BCUT2D eigenvalue weighted by molar-refractivity contribution is -0.126. The van der Waals surface area contributed by atoms with Crippen LogP contribution in [0.5, 0.6) is 11.5 Å². The van der Waals surface area contributed by atoms with Gasteiger partial charge in [-0.15, -0.1) is 0 Å². The highest BCUT2D eigenvalue weighted by molar-refractivity contribution is 5.91. The first-order valence-corrected chi connectivity index (χ1v) is 9.49. The molecule has 1 aromatic heterocycles.